The van der Waals surface area contributed by atoms with E-state index in [0.717, 1.165) is 6.07 Å². The highest BCUT2D eigenvalue weighted by molar-refractivity contribution is 9.10. The second kappa shape index (κ2) is 6.69. The molecule has 4 N–H and O–H groups in total. The Balaban J connectivity index is 3.15. The van der Waals surface area contributed by atoms with Crippen molar-refractivity contribution in [2.24, 2.45) is 5.73 Å². The molecular formula is C10H11BrClN3O4. The van der Waals surface area contributed by atoms with E-state index in [0.29, 0.717) is 4.47 Å². The molecule has 1 aromatic carbocycles. The lowest BCUT2D eigenvalue weighted by molar-refractivity contribution is -0.384. The van der Waals surface area contributed by atoms with Gasteiger partial charge in [0.25, 0.3) is 5.69 Å². The highest BCUT2D eigenvalue weighted by atomic mass is 79.9. The van der Waals surface area contributed by atoms with Crippen LogP contribution in [0.2, 0.25) is 0 Å². The maximum absolute atomic E-state index is 11.1. The zero-order chi connectivity index (χ0) is 14.6. The number of carbonyl (C=O) groups excluding carboxylic acids is 1. The average Bonchev–Trinajstić information content (AvgIpc) is 2.35. The van der Waals surface area contributed by atoms with E-state index in [1.807, 2.05) is 0 Å². The average molecular weight is 353 g/mol. The minimum atomic E-state index is -0.844. The van der Waals surface area contributed by atoms with Crippen LogP contribution >= 0.6 is 27.5 Å². The molecule has 0 heterocycles. The maximum atomic E-state index is 11.1. The second-order valence-corrected chi connectivity index (χ2v) is 4.83. The van der Waals surface area contributed by atoms with Gasteiger partial charge < -0.3 is 16.2 Å². The molecule has 9 heteroatoms. The fraction of sp³-hybridized carbons (Fsp3) is 0.300. The van der Waals surface area contributed by atoms with Gasteiger partial charge in [-0.2, -0.15) is 0 Å². The van der Waals surface area contributed by atoms with Crippen LogP contribution < -0.4 is 11.1 Å². The Labute approximate surface area is 122 Å². The molecule has 1 amide bonds. The molecule has 1 aromatic rings. The molecule has 0 radical (unpaired) electrons. The SMILES string of the molecule is NC(=O)c1cc(Br)c(NCC(O)CCl)c([N+](=O)[O-])c1. The number of nitro groups is 1. The van der Waals surface area contributed by atoms with Crippen LogP contribution in [0, 0.1) is 10.1 Å². The summed E-state index contributed by atoms with van der Waals surface area (Å²) in [5.41, 5.74) is 4.94. The Bertz CT molecular complexity index is 512. The number of nitrogens with one attached hydrogen (secondary N) is 1. The molecule has 104 valence electrons. The third-order valence-corrected chi connectivity index (χ3v) is 3.22. The van der Waals surface area contributed by atoms with Gasteiger partial charge in [0, 0.05) is 22.6 Å². The zero-order valence-corrected chi connectivity index (χ0v) is 11.9. The molecule has 7 nitrogen and oxygen atoms in total. The van der Waals surface area contributed by atoms with Crippen molar-refractivity contribution in [2.75, 3.05) is 17.7 Å². The molecule has 0 saturated heterocycles. The van der Waals surface area contributed by atoms with Gasteiger partial charge in [-0.3, -0.25) is 14.9 Å². The molecule has 0 aliphatic rings. The van der Waals surface area contributed by atoms with Gasteiger partial charge in [-0.05, 0) is 22.0 Å². The zero-order valence-electron chi connectivity index (χ0n) is 9.60. The second-order valence-electron chi connectivity index (χ2n) is 3.66. The van der Waals surface area contributed by atoms with Gasteiger partial charge >= 0.3 is 0 Å². The fourth-order valence-corrected chi connectivity index (χ4v) is 2.03. The summed E-state index contributed by atoms with van der Waals surface area (Å²) in [6.45, 7) is 0.0405. The predicted octanol–water partition coefficient (Wildman–Crippen LogP) is 1.47. The molecule has 1 rings (SSSR count). The first kappa shape index (κ1) is 15.7. The lowest BCUT2D eigenvalue weighted by Crippen LogP contribution is -2.21. The molecule has 0 aromatic heterocycles. The topological polar surface area (TPSA) is 118 Å². The van der Waals surface area contributed by atoms with E-state index < -0.39 is 16.9 Å². The first-order chi connectivity index (χ1) is 8.86. The number of nitrogens with zero attached hydrogens (tertiary/aromatic N) is 1. The van der Waals surface area contributed by atoms with Crippen LogP contribution in [0.1, 0.15) is 10.4 Å². The molecule has 0 aliphatic carbocycles. The van der Waals surface area contributed by atoms with Gasteiger partial charge in [0.2, 0.25) is 5.91 Å². The van der Waals surface area contributed by atoms with E-state index in [1.165, 1.54) is 6.07 Å². The number of primary amides is 1. The first-order valence-corrected chi connectivity index (χ1v) is 6.45. The summed E-state index contributed by atoms with van der Waals surface area (Å²) in [5.74, 6) is -0.770. The summed E-state index contributed by atoms with van der Waals surface area (Å²) in [5, 5.41) is 23.0. The van der Waals surface area contributed by atoms with Crippen LogP contribution in [0.4, 0.5) is 11.4 Å². The van der Waals surface area contributed by atoms with E-state index in [4.69, 9.17) is 17.3 Å². The number of hydrogen-bond donors (Lipinski definition) is 3. The van der Waals surface area contributed by atoms with E-state index in [-0.39, 0.29) is 29.4 Å². The summed E-state index contributed by atoms with van der Waals surface area (Å²) in [6, 6.07) is 2.44. The van der Waals surface area contributed by atoms with Crippen LogP contribution in [0.25, 0.3) is 0 Å². The van der Waals surface area contributed by atoms with E-state index in [2.05, 4.69) is 21.2 Å². The van der Waals surface area contributed by atoms with Crippen LogP contribution in [-0.4, -0.2) is 34.5 Å². The van der Waals surface area contributed by atoms with Crippen molar-refractivity contribution in [1.82, 2.24) is 0 Å². The Kier molecular flexibility index (Phi) is 5.52. The number of carbonyl (C=O) groups is 1. The molecular weight excluding hydrogens is 341 g/mol. The van der Waals surface area contributed by atoms with Crippen LogP contribution in [-0.2, 0) is 0 Å². The van der Waals surface area contributed by atoms with E-state index >= 15 is 0 Å². The smallest absolute Gasteiger partial charge is 0.294 e. The number of amides is 1. The number of aliphatic hydroxyl groups excluding tert-OH is 1. The normalized spacial score (nSPS) is 11.9. The minimum absolute atomic E-state index is 0.00220. The molecule has 0 fully saturated rings. The fourth-order valence-electron chi connectivity index (χ4n) is 1.33. The number of nitrogens with two attached hydrogens (primary N) is 1. The van der Waals surface area contributed by atoms with Crippen molar-refractivity contribution in [2.45, 2.75) is 6.10 Å². The Morgan fingerprint density at radius 3 is 2.74 bits per heavy atom. The highest BCUT2D eigenvalue weighted by Gasteiger charge is 2.20. The largest absolute Gasteiger partial charge is 0.390 e. The monoisotopic (exact) mass is 351 g/mol. The van der Waals surface area contributed by atoms with Crippen molar-refractivity contribution in [3.8, 4) is 0 Å². The van der Waals surface area contributed by atoms with Crippen molar-refractivity contribution in [1.29, 1.82) is 0 Å². The summed E-state index contributed by atoms with van der Waals surface area (Å²) in [7, 11) is 0. The van der Waals surface area contributed by atoms with Gasteiger partial charge in [0.15, 0.2) is 0 Å². The Morgan fingerprint density at radius 2 is 2.26 bits per heavy atom. The number of anilines is 1. The van der Waals surface area contributed by atoms with Crippen molar-refractivity contribution >= 4 is 44.8 Å². The molecule has 19 heavy (non-hydrogen) atoms. The third-order valence-electron chi connectivity index (χ3n) is 2.24. The molecule has 1 unspecified atom stereocenters. The quantitative estimate of drug-likeness (QED) is 0.407. The van der Waals surface area contributed by atoms with Gasteiger partial charge in [-0.25, -0.2) is 0 Å². The van der Waals surface area contributed by atoms with Gasteiger partial charge in [0.05, 0.1) is 16.9 Å². The van der Waals surface area contributed by atoms with E-state index in [9.17, 15) is 20.0 Å². The highest BCUT2D eigenvalue weighted by Crippen LogP contribution is 2.34. The van der Waals surface area contributed by atoms with Crippen molar-refractivity contribution < 1.29 is 14.8 Å². The lowest BCUT2D eigenvalue weighted by Gasteiger charge is -2.12. The van der Waals surface area contributed by atoms with Crippen LogP contribution in [0.5, 0.6) is 0 Å². The van der Waals surface area contributed by atoms with Crippen molar-refractivity contribution in [3.63, 3.8) is 0 Å². The number of aliphatic hydroxyl groups is 1. The van der Waals surface area contributed by atoms with Gasteiger partial charge in [0.1, 0.15) is 5.69 Å². The van der Waals surface area contributed by atoms with Gasteiger partial charge in [-0.1, -0.05) is 0 Å². The predicted molar refractivity (Wildman–Crippen MR) is 74.5 cm³/mol. The lowest BCUT2D eigenvalue weighted by atomic mass is 10.1. The Morgan fingerprint density at radius 1 is 1.63 bits per heavy atom. The standard InChI is InChI=1S/C10H11BrClN3O4/c11-7-1-5(10(13)17)2-8(15(18)19)9(7)14-4-6(16)3-12/h1-2,6,14,16H,3-4H2,(H2,13,17). The summed E-state index contributed by atoms with van der Waals surface area (Å²) < 4.78 is 0.303. The molecule has 0 spiro atoms. The maximum Gasteiger partial charge on any atom is 0.294 e. The molecule has 1 atom stereocenters. The van der Waals surface area contributed by atoms with Crippen LogP contribution in [0.15, 0.2) is 16.6 Å². The van der Waals surface area contributed by atoms with Crippen LogP contribution in [0.3, 0.4) is 0 Å². The molecule has 0 saturated carbocycles. The molecule has 0 aliphatic heterocycles. The number of alkyl halides is 1. The number of halogens is 2. The summed E-state index contributed by atoms with van der Waals surface area (Å²) in [4.78, 5) is 21.4. The molecule has 0 bridgehead atoms. The summed E-state index contributed by atoms with van der Waals surface area (Å²) in [6.07, 6.45) is -0.844. The number of nitro benzene ring substituents is 1. The van der Waals surface area contributed by atoms with Gasteiger partial charge in [-0.15, -0.1) is 11.6 Å². The van der Waals surface area contributed by atoms with E-state index in [1.54, 1.807) is 0 Å². The first-order valence-electron chi connectivity index (χ1n) is 5.12. The summed E-state index contributed by atoms with van der Waals surface area (Å²) >= 11 is 8.55. The number of hydrogen-bond acceptors (Lipinski definition) is 5. The minimum Gasteiger partial charge on any atom is -0.390 e. The van der Waals surface area contributed by atoms with Crippen molar-refractivity contribution in [3.05, 3.63) is 32.3 Å². The Hall–Kier alpha value is -1.38. The third kappa shape index (κ3) is 4.05. The number of rotatable bonds is 6. The number of benzene rings is 1.